The summed E-state index contributed by atoms with van der Waals surface area (Å²) in [5.74, 6) is -0.358. The van der Waals surface area contributed by atoms with E-state index in [1.54, 1.807) is 0 Å². The molecular weight excluding hydrogens is 216 g/mol. The monoisotopic (exact) mass is 232 g/mol. The van der Waals surface area contributed by atoms with Crippen LogP contribution in [0.5, 0.6) is 0 Å². The van der Waals surface area contributed by atoms with Crippen molar-refractivity contribution in [2.24, 2.45) is 16.7 Å². The van der Waals surface area contributed by atoms with Gasteiger partial charge in [-0.15, -0.1) is 0 Å². The SMILES string of the molecule is CC1=CCC2CC1(C1=CC(=O)OC1=O)C2(C)C. The first-order valence-electron chi connectivity index (χ1n) is 6.05. The predicted molar refractivity (Wildman–Crippen MR) is 61.9 cm³/mol. The van der Waals surface area contributed by atoms with Gasteiger partial charge in [0, 0.05) is 11.5 Å². The Bertz CT molecular complexity index is 496. The van der Waals surface area contributed by atoms with Crippen LogP contribution >= 0.6 is 0 Å². The van der Waals surface area contributed by atoms with Crippen LogP contribution in [0.3, 0.4) is 0 Å². The van der Waals surface area contributed by atoms with Crippen molar-refractivity contribution in [1.82, 2.24) is 0 Å². The van der Waals surface area contributed by atoms with Crippen LogP contribution in [0.2, 0.25) is 0 Å². The molecule has 0 amide bonds. The van der Waals surface area contributed by atoms with Crippen LogP contribution in [-0.2, 0) is 14.3 Å². The molecule has 2 atom stereocenters. The van der Waals surface area contributed by atoms with Gasteiger partial charge in [0.25, 0.3) is 0 Å². The Balaban J connectivity index is 2.15. The van der Waals surface area contributed by atoms with E-state index in [4.69, 9.17) is 0 Å². The maximum absolute atomic E-state index is 11.8. The molecule has 90 valence electrons. The number of hydrogen-bond donors (Lipinski definition) is 0. The molecule has 0 aromatic carbocycles. The van der Waals surface area contributed by atoms with Crippen LogP contribution in [0, 0.1) is 16.7 Å². The molecule has 4 rings (SSSR count). The third-order valence-corrected chi connectivity index (χ3v) is 5.19. The lowest BCUT2D eigenvalue weighted by Crippen LogP contribution is -2.59. The number of rotatable bonds is 1. The van der Waals surface area contributed by atoms with Crippen molar-refractivity contribution < 1.29 is 14.3 Å². The van der Waals surface area contributed by atoms with E-state index in [-0.39, 0.29) is 10.8 Å². The van der Waals surface area contributed by atoms with E-state index in [1.807, 2.05) is 0 Å². The van der Waals surface area contributed by atoms with Crippen LogP contribution in [0.4, 0.5) is 0 Å². The van der Waals surface area contributed by atoms with Crippen molar-refractivity contribution in [2.45, 2.75) is 33.6 Å². The lowest BCUT2D eigenvalue weighted by Gasteiger charge is -2.65. The second-order valence-corrected chi connectivity index (χ2v) is 5.92. The lowest BCUT2D eigenvalue weighted by molar-refractivity contribution is -0.153. The summed E-state index contributed by atoms with van der Waals surface area (Å²) < 4.78 is 4.66. The van der Waals surface area contributed by atoms with Gasteiger partial charge in [0.2, 0.25) is 0 Å². The summed E-state index contributed by atoms with van der Waals surface area (Å²) in [4.78, 5) is 23.1. The molecule has 0 N–H and O–H groups in total. The van der Waals surface area contributed by atoms with Gasteiger partial charge in [-0.3, -0.25) is 0 Å². The molecule has 0 aromatic rings. The molecule has 3 nitrogen and oxygen atoms in total. The van der Waals surface area contributed by atoms with Gasteiger partial charge in [-0.1, -0.05) is 25.5 Å². The first-order chi connectivity index (χ1) is 7.89. The molecule has 4 aliphatic rings. The zero-order chi connectivity index (χ0) is 12.4. The van der Waals surface area contributed by atoms with Crippen molar-refractivity contribution in [1.29, 1.82) is 0 Å². The Hall–Kier alpha value is -1.38. The zero-order valence-electron chi connectivity index (χ0n) is 10.4. The zero-order valence-corrected chi connectivity index (χ0v) is 10.4. The molecule has 1 fully saturated rings. The number of ether oxygens (including phenoxy) is 1. The molecule has 0 saturated heterocycles. The molecule has 17 heavy (non-hydrogen) atoms. The first-order valence-corrected chi connectivity index (χ1v) is 6.05. The second-order valence-electron chi connectivity index (χ2n) is 5.92. The van der Waals surface area contributed by atoms with Gasteiger partial charge in [-0.2, -0.15) is 0 Å². The maximum atomic E-state index is 11.8. The molecule has 1 saturated carbocycles. The molecule has 2 unspecified atom stereocenters. The highest BCUT2D eigenvalue weighted by Crippen LogP contribution is 2.71. The van der Waals surface area contributed by atoms with Gasteiger partial charge in [-0.05, 0) is 31.1 Å². The number of carbonyl (C=O) groups is 2. The standard InChI is InChI=1S/C14H16O3/c1-8-4-5-9-7-14(8,13(9,2)3)10-6-11(15)17-12(10)16/h4,6,9H,5,7H2,1-3H3. The quantitative estimate of drug-likeness (QED) is 0.396. The van der Waals surface area contributed by atoms with Crippen LogP contribution in [0.25, 0.3) is 0 Å². The fraction of sp³-hybridized carbons (Fsp3) is 0.571. The number of allylic oxidation sites excluding steroid dienone is 2. The summed E-state index contributed by atoms with van der Waals surface area (Å²) in [5.41, 5.74) is 1.56. The molecule has 2 bridgehead atoms. The van der Waals surface area contributed by atoms with Gasteiger partial charge in [-0.25, -0.2) is 9.59 Å². The van der Waals surface area contributed by atoms with Gasteiger partial charge in [0.15, 0.2) is 0 Å². The van der Waals surface area contributed by atoms with E-state index in [1.165, 1.54) is 11.6 Å². The molecule has 0 aromatic heterocycles. The third kappa shape index (κ3) is 1.03. The first kappa shape index (κ1) is 10.8. The molecule has 3 aliphatic carbocycles. The lowest BCUT2D eigenvalue weighted by atomic mass is 9.38. The summed E-state index contributed by atoms with van der Waals surface area (Å²) in [6, 6.07) is 0. The molecule has 1 heterocycles. The minimum absolute atomic E-state index is 0.0430. The van der Waals surface area contributed by atoms with Gasteiger partial charge in [0.1, 0.15) is 0 Å². The van der Waals surface area contributed by atoms with Gasteiger partial charge < -0.3 is 4.74 Å². The number of fused-ring (bicyclic) bond motifs is 1. The van der Waals surface area contributed by atoms with E-state index < -0.39 is 11.9 Å². The summed E-state index contributed by atoms with van der Waals surface area (Å²) in [5, 5.41) is 0. The Labute approximate surface area is 101 Å². The van der Waals surface area contributed by atoms with Gasteiger partial charge in [0.05, 0.1) is 5.57 Å². The second kappa shape index (κ2) is 2.89. The van der Waals surface area contributed by atoms with Crippen molar-refractivity contribution >= 4 is 11.9 Å². The van der Waals surface area contributed by atoms with E-state index in [9.17, 15) is 9.59 Å². The van der Waals surface area contributed by atoms with Crippen molar-refractivity contribution in [3.05, 3.63) is 23.3 Å². The smallest absolute Gasteiger partial charge is 0.343 e. The summed E-state index contributed by atoms with van der Waals surface area (Å²) in [6.45, 7) is 6.44. The average Bonchev–Trinajstić information content (AvgIpc) is 2.57. The fourth-order valence-corrected chi connectivity index (χ4v) is 3.97. The van der Waals surface area contributed by atoms with E-state index >= 15 is 0 Å². The maximum Gasteiger partial charge on any atom is 0.343 e. The van der Waals surface area contributed by atoms with Crippen LogP contribution in [0.15, 0.2) is 23.3 Å². The molecule has 0 radical (unpaired) electrons. The average molecular weight is 232 g/mol. The Morgan fingerprint density at radius 2 is 2.06 bits per heavy atom. The predicted octanol–water partition coefficient (Wildman–Crippen LogP) is 2.38. The highest BCUT2D eigenvalue weighted by atomic mass is 16.6. The number of cyclic esters (lactones) is 2. The van der Waals surface area contributed by atoms with E-state index in [2.05, 4.69) is 31.6 Å². The van der Waals surface area contributed by atoms with E-state index in [0.717, 1.165) is 12.8 Å². The molecule has 3 heteroatoms. The normalized spacial score (nSPS) is 38.2. The number of hydrogen-bond acceptors (Lipinski definition) is 3. The highest BCUT2D eigenvalue weighted by molar-refractivity contribution is 6.10. The third-order valence-electron chi connectivity index (χ3n) is 5.19. The number of carbonyl (C=O) groups excluding carboxylic acids is 2. The Morgan fingerprint density at radius 3 is 2.53 bits per heavy atom. The van der Waals surface area contributed by atoms with Crippen LogP contribution in [-0.4, -0.2) is 11.9 Å². The topological polar surface area (TPSA) is 43.4 Å². The molecule has 0 spiro atoms. The minimum atomic E-state index is -0.517. The Morgan fingerprint density at radius 1 is 1.35 bits per heavy atom. The fourth-order valence-electron chi connectivity index (χ4n) is 3.97. The van der Waals surface area contributed by atoms with Crippen molar-refractivity contribution in [3.8, 4) is 0 Å². The van der Waals surface area contributed by atoms with Crippen LogP contribution < -0.4 is 0 Å². The highest BCUT2D eigenvalue weighted by Gasteiger charge is 2.65. The van der Waals surface area contributed by atoms with Crippen molar-refractivity contribution in [3.63, 3.8) is 0 Å². The summed E-state index contributed by atoms with van der Waals surface area (Å²) in [7, 11) is 0. The largest absolute Gasteiger partial charge is 0.386 e. The minimum Gasteiger partial charge on any atom is -0.386 e. The van der Waals surface area contributed by atoms with E-state index in [0.29, 0.717) is 11.5 Å². The van der Waals surface area contributed by atoms with Gasteiger partial charge >= 0.3 is 11.9 Å². The summed E-state index contributed by atoms with van der Waals surface area (Å²) >= 11 is 0. The molecular formula is C14H16O3. The number of esters is 2. The summed E-state index contributed by atoms with van der Waals surface area (Å²) in [6.07, 6.45) is 5.65. The Kier molecular flexibility index (Phi) is 1.83. The molecule has 1 aliphatic heterocycles. The van der Waals surface area contributed by atoms with Crippen molar-refractivity contribution in [2.75, 3.05) is 0 Å². The van der Waals surface area contributed by atoms with Crippen LogP contribution in [0.1, 0.15) is 33.6 Å².